The number of primary amides is 1. The zero-order valence-electron chi connectivity index (χ0n) is 9.96. The van der Waals surface area contributed by atoms with E-state index >= 15 is 0 Å². The van der Waals surface area contributed by atoms with E-state index in [0.717, 1.165) is 24.9 Å². The van der Waals surface area contributed by atoms with Crippen LogP contribution < -0.4 is 11.1 Å². The Labute approximate surface area is 92.8 Å². The maximum absolute atomic E-state index is 10.8. The lowest BCUT2D eigenvalue weighted by Gasteiger charge is -2.29. The van der Waals surface area contributed by atoms with Crippen molar-refractivity contribution >= 4 is 5.91 Å². The van der Waals surface area contributed by atoms with E-state index in [1.54, 1.807) is 0 Å². The number of nitrogens with one attached hydrogen (secondary N) is 1. The van der Waals surface area contributed by atoms with Crippen molar-refractivity contribution in [3.63, 3.8) is 0 Å². The molecule has 88 valence electrons. The van der Waals surface area contributed by atoms with Crippen molar-refractivity contribution in [1.29, 1.82) is 0 Å². The fraction of sp³-hybridized carbons (Fsp3) is 0.917. The van der Waals surface area contributed by atoms with Crippen molar-refractivity contribution in [3.8, 4) is 0 Å². The van der Waals surface area contributed by atoms with E-state index in [-0.39, 0.29) is 11.8 Å². The fourth-order valence-electron chi connectivity index (χ4n) is 2.28. The fourth-order valence-corrected chi connectivity index (χ4v) is 2.28. The highest BCUT2D eigenvalue weighted by molar-refractivity contribution is 5.76. The third-order valence-electron chi connectivity index (χ3n) is 3.63. The molecule has 1 aliphatic rings. The van der Waals surface area contributed by atoms with E-state index in [2.05, 4.69) is 12.2 Å². The molecule has 1 amide bonds. The standard InChI is InChI=1S/C12H24N2O/c1-9-5-3-4-6-11(9)8-14-7-10(2)12(13)15/h9-11,14H,3-8H2,1-2H3,(H2,13,15). The monoisotopic (exact) mass is 212 g/mol. The van der Waals surface area contributed by atoms with Crippen molar-refractivity contribution in [3.05, 3.63) is 0 Å². The SMILES string of the molecule is CC(CNCC1CCCCC1C)C(N)=O. The molecular weight excluding hydrogens is 188 g/mol. The summed E-state index contributed by atoms with van der Waals surface area (Å²) in [5, 5.41) is 3.37. The molecule has 3 nitrogen and oxygen atoms in total. The lowest BCUT2D eigenvalue weighted by Crippen LogP contribution is -2.35. The molecule has 0 aliphatic heterocycles. The van der Waals surface area contributed by atoms with Gasteiger partial charge in [0, 0.05) is 12.5 Å². The summed E-state index contributed by atoms with van der Waals surface area (Å²) in [6.45, 7) is 5.97. The van der Waals surface area contributed by atoms with Gasteiger partial charge in [-0.2, -0.15) is 0 Å². The summed E-state index contributed by atoms with van der Waals surface area (Å²) in [7, 11) is 0. The van der Waals surface area contributed by atoms with E-state index in [1.807, 2.05) is 6.92 Å². The Kier molecular flexibility index (Phi) is 5.09. The summed E-state index contributed by atoms with van der Waals surface area (Å²) in [6.07, 6.45) is 5.44. The molecule has 1 rings (SSSR count). The predicted molar refractivity (Wildman–Crippen MR) is 62.4 cm³/mol. The van der Waals surface area contributed by atoms with Crippen LogP contribution in [0.5, 0.6) is 0 Å². The summed E-state index contributed by atoms with van der Waals surface area (Å²) < 4.78 is 0. The average molecular weight is 212 g/mol. The van der Waals surface area contributed by atoms with E-state index in [4.69, 9.17) is 5.73 Å². The Morgan fingerprint density at radius 1 is 1.47 bits per heavy atom. The van der Waals surface area contributed by atoms with Crippen LogP contribution in [0.15, 0.2) is 0 Å². The quantitative estimate of drug-likeness (QED) is 0.726. The molecule has 15 heavy (non-hydrogen) atoms. The number of carbonyl (C=O) groups is 1. The first-order chi connectivity index (χ1) is 7.11. The van der Waals surface area contributed by atoms with E-state index in [0.29, 0.717) is 0 Å². The molecule has 0 aromatic heterocycles. The second kappa shape index (κ2) is 6.11. The molecule has 0 heterocycles. The van der Waals surface area contributed by atoms with E-state index in [9.17, 15) is 4.79 Å². The predicted octanol–water partition coefficient (Wildman–Crippen LogP) is 1.52. The van der Waals surface area contributed by atoms with Crippen LogP contribution in [0.4, 0.5) is 0 Å². The molecule has 1 saturated carbocycles. The topological polar surface area (TPSA) is 55.1 Å². The van der Waals surface area contributed by atoms with Crippen molar-refractivity contribution in [2.45, 2.75) is 39.5 Å². The molecule has 0 spiro atoms. The van der Waals surface area contributed by atoms with Gasteiger partial charge in [-0.25, -0.2) is 0 Å². The number of carbonyl (C=O) groups excluding carboxylic acids is 1. The van der Waals surface area contributed by atoms with Gasteiger partial charge in [0.25, 0.3) is 0 Å². The zero-order chi connectivity index (χ0) is 11.3. The molecular formula is C12H24N2O. The second-order valence-electron chi connectivity index (χ2n) is 4.98. The lowest BCUT2D eigenvalue weighted by molar-refractivity contribution is -0.121. The first-order valence-electron chi connectivity index (χ1n) is 6.11. The van der Waals surface area contributed by atoms with Gasteiger partial charge in [0.1, 0.15) is 0 Å². The van der Waals surface area contributed by atoms with Gasteiger partial charge in [0.15, 0.2) is 0 Å². The normalized spacial score (nSPS) is 28.7. The zero-order valence-corrected chi connectivity index (χ0v) is 9.96. The molecule has 3 N–H and O–H groups in total. The molecule has 0 radical (unpaired) electrons. The smallest absolute Gasteiger partial charge is 0.221 e. The van der Waals surface area contributed by atoms with Crippen LogP contribution in [0.3, 0.4) is 0 Å². The van der Waals surface area contributed by atoms with Gasteiger partial charge >= 0.3 is 0 Å². The van der Waals surface area contributed by atoms with Crippen LogP contribution in [0.2, 0.25) is 0 Å². The number of nitrogens with two attached hydrogens (primary N) is 1. The Bertz CT molecular complexity index is 206. The molecule has 1 fully saturated rings. The molecule has 1 aliphatic carbocycles. The number of hydrogen-bond acceptors (Lipinski definition) is 2. The van der Waals surface area contributed by atoms with E-state index < -0.39 is 0 Å². The van der Waals surface area contributed by atoms with Gasteiger partial charge in [-0.05, 0) is 24.8 Å². The molecule has 3 atom stereocenters. The highest BCUT2D eigenvalue weighted by Crippen LogP contribution is 2.28. The minimum absolute atomic E-state index is 0.0519. The molecule has 0 aromatic rings. The van der Waals surface area contributed by atoms with Gasteiger partial charge in [-0.15, -0.1) is 0 Å². The molecule has 0 saturated heterocycles. The van der Waals surface area contributed by atoms with Crippen LogP contribution in [0.1, 0.15) is 39.5 Å². The number of rotatable bonds is 5. The van der Waals surface area contributed by atoms with Crippen LogP contribution in [-0.4, -0.2) is 19.0 Å². The summed E-state index contributed by atoms with van der Waals surface area (Å²) >= 11 is 0. The van der Waals surface area contributed by atoms with Crippen LogP contribution in [0, 0.1) is 17.8 Å². The summed E-state index contributed by atoms with van der Waals surface area (Å²) in [4.78, 5) is 10.8. The summed E-state index contributed by atoms with van der Waals surface area (Å²) in [5.74, 6) is 1.36. The third-order valence-corrected chi connectivity index (χ3v) is 3.63. The minimum atomic E-state index is -0.209. The first-order valence-corrected chi connectivity index (χ1v) is 6.11. The van der Waals surface area contributed by atoms with Gasteiger partial charge in [0.05, 0.1) is 0 Å². The Morgan fingerprint density at radius 3 is 2.73 bits per heavy atom. The molecule has 0 aromatic carbocycles. The van der Waals surface area contributed by atoms with Gasteiger partial charge in [0.2, 0.25) is 5.91 Å². The first kappa shape index (κ1) is 12.5. The van der Waals surface area contributed by atoms with Gasteiger partial charge < -0.3 is 11.1 Å². The van der Waals surface area contributed by atoms with Crippen LogP contribution in [-0.2, 0) is 4.79 Å². The van der Waals surface area contributed by atoms with Crippen LogP contribution >= 0.6 is 0 Å². The van der Waals surface area contributed by atoms with Crippen LogP contribution in [0.25, 0.3) is 0 Å². The van der Waals surface area contributed by atoms with Crippen molar-refractivity contribution < 1.29 is 4.79 Å². The number of amides is 1. The Balaban J connectivity index is 2.16. The summed E-state index contributed by atoms with van der Waals surface area (Å²) in [6, 6.07) is 0. The molecule has 0 bridgehead atoms. The van der Waals surface area contributed by atoms with E-state index in [1.165, 1.54) is 25.7 Å². The van der Waals surface area contributed by atoms with Crippen molar-refractivity contribution in [2.24, 2.45) is 23.5 Å². The number of hydrogen-bond donors (Lipinski definition) is 2. The summed E-state index contributed by atoms with van der Waals surface area (Å²) in [5.41, 5.74) is 5.20. The largest absolute Gasteiger partial charge is 0.369 e. The highest BCUT2D eigenvalue weighted by Gasteiger charge is 2.21. The maximum Gasteiger partial charge on any atom is 0.221 e. The van der Waals surface area contributed by atoms with Crippen molar-refractivity contribution in [1.82, 2.24) is 5.32 Å². The lowest BCUT2D eigenvalue weighted by atomic mass is 9.80. The third kappa shape index (κ3) is 4.20. The molecule has 3 unspecified atom stereocenters. The molecule has 3 heteroatoms. The second-order valence-corrected chi connectivity index (χ2v) is 4.98. The average Bonchev–Trinajstić information content (AvgIpc) is 2.20. The Morgan fingerprint density at radius 2 is 2.13 bits per heavy atom. The van der Waals surface area contributed by atoms with Crippen molar-refractivity contribution in [2.75, 3.05) is 13.1 Å². The Hall–Kier alpha value is -0.570. The maximum atomic E-state index is 10.8. The van der Waals surface area contributed by atoms with Gasteiger partial charge in [-0.3, -0.25) is 4.79 Å². The highest BCUT2D eigenvalue weighted by atomic mass is 16.1. The van der Waals surface area contributed by atoms with Gasteiger partial charge in [-0.1, -0.05) is 33.1 Å². The minimum Gasteiger partial charge on any atom is -0.369 e.